The Hall–Kier alpha value is -1.60. The molecule has 1 aliphatic rings. The van der Waals surface area contributed by atoms with Crippen LogP contribution in [-0.4, -0.2) is 17.7 Å². The van der Waals surface area contributed by atoms with E-state index in [9.17, 15) is 4.79 Å². The second-order valence-corrected chi connectivity index (χ2v) is 5.00. The Labute approximate surface area is 99.0 Å². The predicted molar refractivity (Wildman–Crippen MR) is 67.4 cm³/mol. The maximum atomic E-state index is 11.9. The van der Waals surface area contributed by atoms with Gasteiger partial charge < -0.3 is 5.73 Å². The van der Waals surface area contributed by atoms with E-state index >= 15 is 0 Å². The van der Waals surface area contributed by atoms with Crippen molar-refractivity contribution in [3.63, 3.8) is 0 Å². The Morgan fingerprint density at radius 2 is 2.38 bits per heavy atom. The van der Waals surface area contributed by atoms with E-state index in [0.717, 1.165) is 10.6 Å². The third kappa shape index (κ3) is 1.74. The zero-order valence-electron chi connectivity index (χ0n) is 8.93. The number of carbonyl (C=O) groups is 1. The fraction of sp³-hybridized carbons (Fsp3) is 0.250. The van der Waals surface area contributed by atoms with E-state index in [4.69, 9.17) is 12.2 Å². The average Bonchev–Trinajstić information content (AvgIpc) is 2.24. The molecule has 16 heavy (non-hydrogen) atoms. The van der Waals surface area contributed by atoms with E-state index in [-0.39, 0.29) is 11.2 Å². The minimum absolute atomic E-state index is 0.0558. The van der Waals surface area contributed by atoms with Crippen LogP contribution in [0.4, 0.5) is 11.4 Å². The molecule has 1 heterocycles. The molecular weight excluding hydrogens is 220 g/mol. The lowest BCUT2D eigenvalue weighted by Gasteiger charge is -2.31. The highest BCUT2D eigenvalue weighted by atomic mass is 32.2. The number of benzene rings is 1. The second kappa shape index (κ2) is 4.11. The van der Waals surface area contributed by atoms with Gasteiger partial charge in [-0.15, -0.1) is 18.2 Å². The number of terminal acetylenes is 1. The standard InChI is InChI=1S/C12H12N2OS/c1-3-6-14-10-5-4-9(13)7-11(10)16-8(2)12(14)15/h1,4-5,7-8H,6,13H2,2H3. The SMILES string of the molecule is C#CCN1C(=O)C(C)Sc2cc(N)ccc21. The van der Waals surface area contributed by atoms with Gasteiger partial charge in [0.05, 0.1) is 17.5 Å². The van der Waals surface area contributed by atoms with E-state index < -0.39 is 0 Å². The number of rotatable bonds is 1. The molecule has 82 valence electrons. The van der Waals surface area contributed by atoms with Crippen LogP contribution in [0.1, 0.15) is 6.92 Å². The van der Waals surface area contributed by atoms with Crippen LogP contribution in [-0.2, 0) is 4.79 Å². The summed E-state index contributed by atoms with van der Waals surface area (Å²) in [5.74, 6) is 2.56. The maximum absolute atomic E-state index is 11.9. The van der Waals surface area contributed by atoms with Gasteiger partial charge in [-0.3, -0.25) is 9.69 Å². The lowest BCUT2D eigenvalue weighted by molar-refractivity contribution is -0.117. The van der Waals surface area contributed by atoms with Crippen molar-refractivity contribution in [1.29, 1.82) is 0 Å². The number of hydrogen-bond donors (Lipinski definition) is 1. The quantitative estimate of drug-likeness (QED) is 0.592. The normalized spacial score (nSPS) is 19.1. The summed E-state index contributed by atoms with van der Waals surface area (Å²) in [6, 6.07) is 5.51. The van der Waals surface area contributed by atoms with Crippen LogP contribution in [0.3, 0.4) is 0 Å². The minimum Gasteiger partial charge on any atom is -0.399 e. The third-order valence-electron chi connectivity index (χ3n) is 2.44. The monoisotopic (exact) mass is 232 g/mol. The zero-order valence-corrected chi connectivity index (χ0v) is 9.75. The molecule has 1 aromatic rings. The topological polar surface area (TPSA) is 46.3 Å². The molecule has 0 bridgehead atoms. The first kappa shape index (κ1) is 10.9. The molecule has 0 saturated heterocycles. The lowest BCUT2D eigenvalue weighted by atomic mass is 10.2. The summed E-state index contributed by atoms with van der Waals surface area (Å²) in [6.45, 7) is 2.18. The summed E-state index contributed by atoms with van der Waals surface area (Å²) in [7, 11) is 0. The van der Waals surface area contributed by atoms with E-state index in [1.54, 1.807) is 11.0 Å². The highest BCUT2D eigenvalue weighted by Crippen LogP contribution is 2.39. The molecule has 0 fully saturated rings. The maximum Gasteiger partial charge on any atom is 0.241 e. The fourth-order valence-electron chi connectivity index (χ4n) is 1.68. The van der Waals surface area contributed by atoms with E-state index in [2.05, 4.69) is 5.92 Å². The number of nitrogens with zero attached hydrogens (tertiary/aromatic N) is 1. The van der Waals surface area contributed by atoms with Gasteiger partial charge in [-0.05, 0) is 25.1 Å². The Bertz CT molecular complexity index is 478. The van der Waals surface area contributed by atoms with Crippen molar-refractivity contribution >= 4 is 29.0 Å². The van der Waals surface area contributed by atoms with Crippen molar-refractivity contribution in [3.05, 3.63) is 18.2 Å². The van der Waals surface area contributed by atoms with Crippen LogP contribution in [0.15, 0.2) is 23.1 Å². The highest BCUT2D eigenvalue weighted by molar-refractivity contribution is 8.01. The highest BCUT2D eigenvalue weighted by Gasteiger charge is 2.29. The molecule has 0 spiro atoms. The van der Waals surface area contributed by atoms with Crippen LogP contribution in [0, 0.1) is 12.3 Å². The van der Waals surface area contributed by atoms with Gasteiger partial charge in [0, 0.05) is 10.6 Å². The van der Waals surface area contributed by atoms with Crippen molar-refractivity contribution < 1.29 is 4.79 Å². The van der Waals surface area contributed by atoms with Crippen molar-refractivity contribution in [2.24, 2.45) is 0 Å². The molecule has 2 N–H and O–H groups in total. The van der Waals surface area contributed by atoms with Crippen molar-refractivity contribution in [3.8, 4) is 12.3 Å². The van der Waals surface area contributed by atoms with Gasteiger partial charge in [-0.1, -0.05) is 5.92 Å². The molecule has 0 saturated carbocycles. The number of amides is 1. The number of carbonyl (C=O) groups excluding carboxylic acids is 1. The van der Waals surface area contributed by atoms with E-state index in [1.807, 2.05) is 19.1 Å². The molecule has 0 radical (unpaired) electrons. The van der Waals surface area contributed by atoms with Gasteiger partial charge >= 0.3 is 0 Å². The third-order valence-corrected chi connectivity index (χ3v) is 3.58. The number of hydrogen-bond acceptors (Lipinski definition) is 3. The summed E-state index contributed by atoms with van der Waals surface area (Å²) in [5, 5.41) is -0.109. The van der Waals surface area contributed by atoms with E-state index in [0.29, 0.717) is 12.2 Å². The first-order valence-corrected chi connectivity index (χ1v) is 5.82. The molecule has 1 atom stereocenters. The van der Waals surface area contributed by atoms with Crippen LogP contribution in [0.2, 0.25) is 0 Å². The molecule has 0 aliphatic carbocycles. The van der Waals surface area contributed by atoms with Crippen molar-refractivity contribution in [2.75, 3.05) is 17.2 Å². The Kier molecular flexibility index (Phi) is 2.80. The number of nitrogen functional groups attached to an aromatic ring is 1. The minimum atomic E-state index is -0.109. The van der Waals surface area contributed by atoms with Crippen LogP contribution in [0.5, 0.6) is 0 Å². The molecule has 3 nitrogen and oxygen atoms in total. The van der Waals surface area contributed by atoms with Gasteiger partial charge in [0.1, 0.15) is 0 Å². The number of thioether (sulfide) groups is 1. The number of anilines is 2. The van der Waals surface area contributed by atoms with Crippen LogP contribution < -0.4 is 10.6 Å². The molecule has 1 amide bonds. The summed E-state index contributed by atoms with van der Waals surface area (Å²) in [5.41, 5.74) is 7.29. The number of fused-ring (bicyclic) bond motifs is 1. The fourth-order valence-corrected chi connectivity index (χ4v) is 2.79. The first-order valence-electron chi connectivity index (χ1n) is 4.94. The zero-order chi connectivity index (χ0) is 11.7. The Morgan fingerprint density at radius 3 is 3.06 bits per heavy atom. The van der Waals surface area contributed by atoms with Crippen molar-refractivity contribution in [2.45, 2.75) is 17.1 Å². The number of nitrogens with two attached hydrogens (primary N) is 1. The molecule has 1 unspecified atom stereocenters. The Balaban J connectivity index is 2.48. The van der Waals surface area contributed by atoms with Crippen LogP contribution in [0.25, 0.3) is 0 Å². The van der Waals surface area contributed by atoms with Crippen LogP contribution >= 0.6 is 11.8 Å². The molecule has 1 aliphatic heterocycles. The summed E-state index contributed by atoms with van der Waals surface area (Å²) in [4.78, 5) is 14.6. The lowest BCUT2D eigenvalue weighted by Crippen LogP contribution is -2.39. The molecule has 1 aromatic carbocycles. The summed E-state index contributed by atoms with van der Waals surface area (Å²) < 4.78 is 0. The molecule has 4 heteroatoms. The first-order chi connectivity index (χ1) is 7.63. The van der Waals surface area contributed by atoms with Gasteiger partial charge in [-0.2, -0.15) is 0 Å². The van der Waals surface area contributed by atoms with Gasteiger partial charge in [0.25, 0.3) is 0 Å². The molecular formula is C12H12N2OS. The van der Waals surface area contributed by atoms with Gasteiger partial charge in [0.2, 0.25) is 5.91 Å². The average molecular weight is 232 g/mol. The second-order valence-electron chi connectivity index (χ2n) is 3.62. The summed E-state index contributed by atoms with van der Waals surface area (Å²) >= 11 is 1.52. The van der Waals surface area contributed by atoms with Gasteiger partial charge in [0.15, 0.2) is 0 Å². The molecule has 2 rings (SSSR count). The smallest absolute Gasteiger partial charge is 0.241 e. The Morgan fingerprint density at radius 1 is 1.62 bits per heavy atom. The molecule has 0 aromatic heterocycles. The van der Waals surface area contributed by atoms with Crippen molar-refractivity contribution in [1.82, 2.24) is 0 Å². The van der Waals surface area contributed by atoms with Gasteiger partial charge in [-0.25, -0.2) is 0 Å². The largest absolute Gasteiger partial charge is 0.399 e. The van der Waals surface area contributed by atoms with E-state index in [1.165, 1.54) is 11.8 Å². The predicted octanol–water partition coefficient (Wildman–Crippen LogP) is 1.73. The summed E-state index contributed by atoms with van der Waals surface area (Å²) in [6.07, 6.45) is 5.28.